The summed E-state index contributed by atoms with van der Waals surface area (Å²) in [7, 11) is 0. The molecule has 0 aliphatic carbocycles. The number of aromatic nitrogens is 2. The molecule has 98 valence electrons. The van der Waals surface area contributed by atoms with Crippen molar-refractivity contribution < 1.29 is 19.3 Å². The predicted molar refractivity (Wildman–Crippen MR) is 67.6 cm³/mol. The van der Waals surface area contributed by atoms with Gasteiger partial charge in [0.25, 0.3) is 0 Å². The zero-order valence-corrected chi connectivity index (χ0v) is 12.3. The molecule has 2 aromatic heterocycles. The molecule has 0 spiro atoms. The van der Waals surface area contributed by atoms with Gasteiger partial charge in [-0.15, -0.1) is 0 Å². The molecule has 2 N–H and O–H groups in total. The third kappa shape index (κ3) is 3.41. The van der Waals surface area contributed by atoms with E-state index in [2.05, 4.69) is 42.2 Å². The number of aliphatic hydroxyl groups excluding tert-OH is 2. The summed E-state index contributed by atoms with van der Waals surface area (Å²) in [6.07, 6.45) is -0.989. The number of rotatable bonds is 5. The fourth-order valence-electron chi connectivity index (χ4n) is 1.45. The summed E-state index contributed by atoms with van der Waals surface area (Å²) in [5.41, 5.74) is 0. The van der Waals surface area contributed by atoms with Crippen LogP contribution in [-0.2, 0) is 0 Å². The fourth-order valence-corrected chi connectivity index (χ4v) is 2.04. The minimum absolute atomic E-state index is 0.321. The highest BCUT2D eigenvalue weighted by molar-refractivity contribution is 9.10. The SMILES string of the molecule is O[C@H](CC[C@@H](O)c1cc(Br)no1)c1cc(Br)no1. The lowest BCUT2D eigenvalue weighted by atomic mass is 10.1. The normalized spacial score (nSPS) is 14.7. The third-order valence-corrected chi connectivity index (χ3v) is 3.12. The molecule has 0 aliphatic rings. The van der Waals surface area contributed by atoms with Gasteiger partial charge in [-0.05, 0) is 44.7 Å². The van der Waals surface area contributed by atoms with E-state index in [0.717, 1.165) is 0 Å². The molecule has 0 amide bonds. The Kier molecular flexibility index (Phi) is 4.55. The zero-order chi connectivity index (χ0) is 13.1. The number of halogens is 2. The molecule has 2 heterocycles. The summed E-state index contributed by atoms with van der Waals surface area (Å²) in [5, 5.41) is 26.8. The lowest BCUT2D eigenvalue weighted by molar-refractivity contribution is 0.0828. The molecule has 6 nitrogen and oxygen atoms in total. The second-order valence-corrected chi connectivity index (χ2v) is 5.34. The second kappa shape index (κ2) is 5.96. The summed E-state index contributed by atoms with van der Waals surface area (Å²) < 4.78 is 10.8. The highest BCUT2D eigenvalue weighted by Crippen LogP contribution is 2.27. The van der Waals surface area contributed by atoms with Crippen LogP contribution in [0, 0.1) is 0 Å². The van der Waals surface area contributed by atoms with Crippen molar-refractivity contribution in [2.75, 3.05) is 0 Å². The van der Waals surface area contributed by atoms with E-state index in [1.54, 1.807) is 12.1 Å². The summed E-state index contributed by atoms with van der Waals surface area (Å²) in [6, 6.07) is 3.17. The maximum absolute atomic E-state index is 9.81. The van der Waals surface area contributed by atoms with Gasteiger partial charge in [0.2, 0.25) is 0 Å². The Morgan fingerprint density at radius 2 is 1.33 bits per heavy atom. The van der Waals surface area contributed by atoms with Gasteiger partial charge in [0.05, 0.1) is 0 Å². The third-order valence-electron chi connectivity index (χ3n) is 2.37. The summed E-state index contributed by atoms with van der Waals surface area (Å²) in [4.78, 5) is 0. The molecular weight excluding hydrogens is 372 g/mol. The minimum atomic E-state index is -0.815. The first-order chi connectivity index (χ1) is 8.56. The van der Waals surface area contributed by atoms with Crippen molar-refractivity contribution in [1.82, 2.24) is 10.3 Å². The van der Waals surface area contributed by atoms with Crippen molar-refractivity contribution in [2.24, 2.45) is 0 Å². The van der Waals surface area contributed by atoms with E-state index >= 15 is 0 Å². The van der Waals surface area contributed by atoms with Crippen LogP contribution in [0.3, 0.4) is 0 Å². The zero-order valence-electron chi connectivity index (χ0n) is 9.08. The Balaban J connectivity index is 1.88. The summed E-state index contributed by atoms with van der Waals surface area (Å²) >= 11 is 6.25. The minimum Gasteiger partial charge on any atom is -0.385 e. The monoisotopic (exact) mass is 380 g/mol. The molecule has 0 fully saturated rings. The van der Waals surface area contributed by atoms with E-state index in [4.69, 9.17) is 9.05 Å². The molecule has 8 heteroatoms. The van der Waals surface area contributed by atoms with Crippen molar-refractivity contribution in [3.8, 4) is 0 Å². The van der Waals surface area contributed by atoms with Crippen LogP contribution >= 0.6 is 31.9 Å². The maximum atomic E-state index is 9.81. The van der Waals surface area contributed by atoms with Gasteiger partial charge in [-0.25, -0.2) is 0 Å². The Morgan fingerprint density at radius 3 is 1.61 bits per heavy atom. The number of hydrogen-bond acceptors (Lipinski definition) is 6. The molecule has 0 bridgehead atoms. The van der Waals surface area contributed by atoms with Crippen LogP contribution in [0.5, 0.6) is 0 Å². The Morgan fingerprint density at radius 1 is 0.944 bits per heavy atom. The fraction of sp³-hybridized carbons (Fsp3) is 0.400. The molecule has 18 heavy (non-hydrogen) atoms. The Hall–Kier alpha value is -0.700. The topological polar surface area (TPSA) is 92.5 Å². The first-order valence-corrected chi connectivity index (χ1v) is 6.75. The molecule has 2 atom stereocenters. The lowest BCUT2D eigenvalue weighted by Crippen LogP contribution is -2.01. The Labute approximate surface area is 119 Å². The highest BCUT2D eigenvalue weighted by Gasteiger charge is 2.18. The van der Waals surface area contributed by atoms with E-state index in [-0.39, 0.29) is 0 Å². The van der Waals surface area contributed by atoms with Crippen LogP contribution in [0.2, 0.25) is 0 Å². The van der Waals surface area contributed by atoms with E-state index in [0.29, 0.717) is 33.6 Å². The van der Waals surface area contributed by atoms with Gasteiger partial charge in [-0.3, -0.25) is 0 Å². The number of aliphatic hydroxyl groups is 2. The van der Waals surface area contributed by atoms with Gasteiger partial charge in [0, 0.05) is 12.1 Å². The van der Waals surface area contributed by atoms with Gasteiger partial charge in [0.15, 0.2) is 11.5 Å². The van der Waals surface area contributed by atoms with Crippen LogP contribution in [-0.4, -0.2) is 20.5 Å². The predicted octanol–water partition coefficient (Wildman–Crippen LogP) is 2.73. The molecule has 2 aromatic rings. The van der Waals surface area contributed by atoms with Gasteiger partial charge < -0.3 is 19.3 Å². The van der Waals surface area contributed by atoms with Crippen LogP contribution in [0.4, 0.5) is 0 Å². The van der Waals surface area contributed by atoms with Gasteiger partial charge in [-0.1, -0.05) is 10.3 Å². The largest absolute Gasteiger partial charge is 0.385 e. The second-order valence-electron chi connectivity index (χ2n) is 3.71. The molecule has 0 saturated carbocycles. The van der Waals surface area contributed by atoms with Crippen molar-refractivity contribution in [1.29, 1.82) is 0 Å². The molecule has 0 saturated heterocycles. The van der Waals surface area contributed by atoms with Crippen molar-refractivity contribution in [3.05, 3.63) is 32.9 Å². The average Bonchev–Trinajstić information content (AvgIpc) is 2.94. The van der Waals surface area contributed by atoms with Crippen LogP contribution in [0.25, 0.3) is 0 Å². The summed E-state index contributed by atoms with van der Waals surface area (Å²) in [6.45, 7) is 0. The van der Waals surface area contributed by atoms with E-state index in [1.807, 2.05) is 0 Å². The Bertz CT molecular complexity index is 467. The van der Waals surface area contributed by atoms with E-state index in [9.17, 15) is 10.2 Å². The van der Waals surface area contributed by atoms with Gasteiger partial charge in [0.1, 0.15) is 21.4 Å². The van der Waals surface area contributed by atoms with Crippen molar-refractivity contribution in [2.45, 2.75) is 25.0 Å². The highest BCUT2D eigenvalue weighted by atomic mass is 79.9. The van der Waals surface area contributed by atoms with Crippen LogP contribution < -0.4 is 0 Å². The average molecular weight is 382 g/mol. The van der Waals surface area contributed by atoms with Crippen LogP contribution in [0.1, 0.15) is 36.6 Å². The smallest absolute Gasteiger partial charge is 0.166 e. The molecule has 0 aromatic carbocycles. The van der Waals surface area contributed by atoms with Gasteiger partial charge in [-0.2, -0.15) is 0 Å². The van der Waals surface area contributed by atoms with E-state index in [1.165, 1.54) is 0 Å². The van der Waals surface area contributed by atoms with Crippen LogP contribution in [0.15, 0.2) is 30.4 Å². The van der Waals surface area contributed by atoms with Gasteiger partial charge >= 0.3 is 0 Å². The molecule has 0 radical (unpaired) electrons. The van der Waals surface area contributed by atoms with Crippen molar-refractivity contribution in [3.63, 3.8) is 0 Å². The van der Waals surface area contributed by atoms with Crippen molar-refractivity contribution >= 4 is 31.9 Å². The molecular formula is C10H10Br2N2O4. The number of nitrogens with zero attached hydrogens (tertiary/aromatic N) is 2. The lowest BCUT2D eigenvalue weighted by Gasteiger charge is -2.09. The molecule has 0 aliphatic heterocycles. The first kappa shape index (κ1) is 13.7. The van der Waals surface area contributed by atoms with E-state index < -0.39 is 12.2 Å². The standard InChI is InChI=1S/C10H10Br2N2O4/c11-9-3-7(17-13-9)5(15)1-2-6(16)8-4-10(12)14-18-8/h3-6,15-16H,1-2H2/t5-,6-/m1/s1. The first-order valence-electron chi connectivity index (χ1n) is 5.16. The summed E-state index contributed by atoms with van der Waals surface area (Å²) in [5.74, 6) is 0.709. The molecule has 2 rings (SSSR count). The quantitative estimate of drug-likeness (QED) is 0.827. The maximum Gasteiger partial charge on any atom is 0.166 e. The molecule has 0 unspecified atom stereocenters. The number of hydrogen-bond donors (Lipinski definition) is 2.